The van der Waals surface area contributed by atoms with Crippen LogP contribution in [-0.4, -0.2) is 34.7 Å². The zero-order valence-corrected chi connectivity index (χ0v) is 19.8. The molecule has 1 aliphatic rings. The Kier molecular flexibility index (Phi) is 5.29. The maximum absolute atomic E-state index is 13.0. The summed E-state index contributed by atoms with van der Waals surface area (Å²) in [6, 6.07) is 8.97. The van der Waals surface area contributed by atoms with E-state index in [9.17, 15) is 13.2 Å². The molecule has 0 saturated heterocycles. The zero-order valence-electron chi connectivity index (χ0n) is 19.0. The number of hydrogen-bond donors (Lipinski definition) is 1. The minimum atomic E-state index is -4.49. The van der Waals surface area contributed by atoms with Crippen LogP contribution in [0.25, 0.3) is 33.8 Å². The Bertz CT molecular complexity index is 1580. The number of imidazole rings is 1. The highest BCUT2D eigenvalue weighted by Crippen LogP contribution is 2.44. The number of halogens is 4. The SMILES string of the molecule is Cn1cc(C(F)(F)F)nc1-c1ccc(Cc2[nH]nc3cnc(-c4c(Cl)ccnc4C4CC4)nc23)cc1. The molecule has 1 N–H and O–H groups in total. The second kappa shape index (κ2) is 8.41. The predicted molar refractivity (Wildman–Crippen MR) is 128 cm³/mol. The first kappa shape index (κ1) is 22.7. The Balaban J connectivity index is 1.30. The lowest BCUT2D eigenvalue weighted by molar-refractivity contribution is -0.140. The second-order valence-corrected chi connectivity index (χ2v) is 9.30. The number of alkyl halides is 3. The summed E-state index contributed by atoms with van der Waals surface area (Å²) in [6.07, 6.45) is 2.52. The van der Waals surface area contributed by atoms with E-state index in [4.69, 9.17) is 16.6 Å². The van der Waals surface area contributed by atoms with E-state index in [1.807, 2.05) is 12.1 Å². The van der Waals surface area contributed by atoms with E-state index in [1.165, 1.54) is 4.57 Å². The summed E-state index contributed by atoms with van der Waals surface area (Å²) in [6.45, 7) is 0. The van der Waals surface area contributed by atoms with Crippen LogP contribution in [0.5, 0.6) is 0 Å². The minimum Gasteiger partial charge on any atom is -0.333 e. The van der Waals surface area contributed by atoms with Crippen LogP contribution in [0.15, 0.2) is 48.9 Å². The first-order chi connectivity index (χ1) is 17.3. The number of aromatic amines is 1. The van der Waals surface area contributed by atoms with Crippen molar-refractivity contribution in [2.75, 3.05) is 0 Å². The first-order valence-electron chi connectivity index (χ1n) is 11.3. The predicted octanol–water partition coefficient (Wildman–Crippen LogP) is 5.96. The molecule has 0 unspecified atom stereocenters. The summed E-state index contributed by atoms with van der Waals surface area (Å²) in [5.41, 5.74) is 4.41. The Morgan fingerprint density at radius 3 is 2.56 bits per heavy atom. The molecule has 1 aromatic carbocycles. The number of fused-ring (bicyclic) bond motifs is 1. The molecular weight excluding hydrogens is 491 g/mol. The zero-order chi connectivity index (χ0) is 25.0. The highest BCUT2D eigenvalue weighted by Gasteiger charge is 2.34. The van der Waals surface area contributed by atoms with Gasteiger partial charge in [0.2, 0.25) is 0 Å². The molecule has 4 aromatic heterocycles. The maximum Gasteiger partial charge on any atom is 0.434 e. The van der Waals surface area contributed by atoms with Crippen LogP contribution < -0.4 is 0 Å². The number of aryl methyl sites for hydroxylation is 1. The van der Waals surface area contributed by atoms with Crippen LogP contribution in [0, 0.1) is 0 Å². The van der Waals surface area contributed by atoms with Crippen LogP contribution >= 0.6 is 11.6 Å². The van der Waals surface area contributed by atoms with Crippen molar-refractivity contribution in [1.29, 1.82) is 0 Å². The van der Waals surface area contributed by atoms with Gasteiger partial charge in [-0.25, -0.2) is 15.0 Å². The van der Waals surface area contributed by atoms with E-state index in [2.05, 4.69) is 25.1 Å². The van der Waals surface area contributed by atoms with Gasteiger partial charge in [-0.3, -0.25) is 10.1 Å². The number of rotatable bonds is 5. The molecule has 0 aliphatic heterocycles. The van der Waals surface area contributed by atoms with Crippen LogP contribution in [0.2, 0.25) is 5.02 Å². The van der Waals surface area contributed by atoms with Crippen molar-refractivity contribution < 1.29 is 13.2 Å². The van der Waals surface area contributed by atoms with Crippen molar-refractivity contribution in [3.63, 3.8) is 0 Å². The Hall–Kier alpha value is -3.79. The molecule has 7 nitrogen and oxygen atoms in total. The van der Waals surface area contributed by atoms with Gasteiger partial charge >= 0.3 is 6.18 Å². The molecule has 1 aliphatic carbocycles. The van der Waals surface area contributed by atoms with E-state index in [-0.39, 0.29) is 5.82 Å². The summed E-state index contributed by atoms with van der Waals surface area (Å²) in [4.78, 5) is 17.6. The third-order valence-electron chi connectivity index (χ3n) is 6.24. The van der Waals surface area contributed by atoms with Crippen LogP contribution in [0.1, 0.15) is 41.4 Å². The average molecular weight is 510 g/mol. The van der Waals surface area contributed by atoms with Gasteiger partial charge in [0.1, 0.15) is 16.9 Å². The van der Waals surface area contributed by atoms with Crippen LogP contribution in [0.3, 0.4) is 0 Å². The lowest BCUT2D eigenvalue weighted by Crippen LogP contribution is -2.04. The third kappa shape index (κ3) is 4.11. The Morgan fingerprint density at radius 1 is 1.08 bits per heavy atom. The van der Waals surface area contributed by atoms with E-state index < -0.39 is 11.9 Å². The summed E-state index contributed by atoms with van der Waals surface area (Å²) >= 11 is 6.52. The van der Waals surface area contributed by atoms with Crippen molar-refractivity contribution in [3.05, 3.63) is 76.6 Å². The number of hydrogen-bond acceptors (Lipinski definition) is 5. The van der Waals surface area contributed by atoms with Crippen molar-refractivity contribution >= 4 is 22.6 Å². The lowest BCUT2D eigenvalue weighted by atomic mass is 10.1. The number of H-pyrrole nitrogens is 1. The molecule has 1 fully saturated rings. The van der Waals surface area contributed by atoms with Crippen molar-refractivity contribution in [3.8, 4) is 22.8 Å². The normalized spacial score (nSPS) is 14.0. The molecule has 0 atom stereocenters. The summed E-state index contributed by atoms with van der Waals surface area (Å²) in [7, 11) is 1.54. The molecule has 36 heavy (non-hydrogen) atoms. The number of benzene rings is 1. The molecule has 4 heterocycles. The van der Waals surface area contributed by atoms with Crippen LogP contribution in [-0.2, 0) is 19.6 Å². The van der Waals surface area contributed by atoms with Crippen LogP contribution in [0.4, 0.5) is 13.2 Å². The Labute approximate surface area is 208 Å². The lowest BCUT2D eigenvalue weighted by Gasteiger charge is -2.09. The number of nitrogens with zero attached hydrogens (tertiary/aromatic N) is 6. The second-order valence-electron chi connectivity index (χ2n) is 8.89. The molecule has 6 rings (SSSR count). The first-order valence-corrected chi connectivity index (χ1v) is 11.7. The maximum atomic E-state index is 13.0. The standard InChI is InChI=1S/C25H19ClF3N7/c1-36-12-19(25(27,28)29)32-24(36)15-4-2-13(3-5-15)10-17-22-18(35-34-17)11-31-23(33-22)20-16(26)8-9-30-21(20)14-6-7-14/h2-5,8-9,11-12,14H,6-7,10H2,1H3,(H,34,35). The van der Waals surface area contributed by atoms with Gasteiger partial charge in [-0.2, -0.15) is 18.3 Å². The average Bonchev–Trinajstić information content (AvgIpc) is 3.51. The molecule has 11 heteroatoms. The fourth-order valence-electron chi connectivity index (χ4n) is 4.29. The number of aromatic nitrogens is 7. The van der Waals surface area contributed by atoms with Gasteiger partial charge in [-0.05, 0) is 24.5 Å². The number of pyridine rings is 1. The van der Waals surface area contributed by atoms with Gasteiger partial charge in [0, 0.05) is 37.3 Å². The fourth-order valence-corrected chi connectivity index (χ4v) is 4.53. The highest BCUT2D eigenvalue weighted by molar-refractivity contribution is 6.33. The van der Waals surface area contributed by atoms with Gasteiger partial charge in [-0.1, -0.05) is 35.9 Å². The quantitative estimate of drug-likeness (QED) is 0.316. The van der Waals surface area contributed by atoms with E-state index >= 15 is 0 Å². The van der Waals surface area contributed by atoms with Gasteiger partial charge in [0.05, 0.1) is 28.2 Å². The van der Waals surface area contributed by atoms with Crippen molar-refractivity contribution in [2.24, 2.45) is 7.05 Å². The monoisotopic (exact) mass is 509 g/mol. The van der Waals surface area contributed by atoms with Gasteiger partial charge in [0.15, 0.2) is 11.5 Å². The van der Waals surface area contributed by atoms with E-state index in [0.717, 1.165) is 41.6 Å². The fraction of sp³-hybridized carbons (Fsp3) is 0.240. The van der Waals surface area contributed by atoms with Crippen molar-refractivity contribution in [2.45, 2.75) is 31.4 Å². The van der Waals surface area contributed by atoms with E-state index in [1.54, 1.807) is 37.6 Å². The molecule has 1 saturated carbocycles. The molecule has 0 bridgehead atoms. The van der Waals surface area contributed by atoms with E-state index in [0.29, 0.717) is 39.8 Å². The topological polar surface area (TPSA) is 85.2 Å². The van der Waals surface area contributed by atoms with Gasteiger partial charge < -0.3 is 4.57 Å². The minimum absolute atomic E-state index is 0.248. The summed E-state index contributed by atoms with van der Waals surface area (Å²) in [5.74, 6) is 1.14. The molecule has 0 amide bonds. The Morgan fingerprint density at radius 2 is 1.86 bits per heavy atom. The third-order valence-corrected chi connectivity index (χ3v) is 6.56. The number of nitrogens with one attached hydrogen (secondary N) is 1. The highest BCUT2D eigenvalue weighted by atomic mass is 35.5. The van der Waals surface area contributed by atoms with Gasteiger partial charge in [-0.15, -0.1) is 0 Å². The summed E-state index contributed by atoms with van der Waals surface area (Å²) < 4.78 is 40.4. The van der Waals surface area contributed by atoms with Crippen molar-refractivity contribution in [1.82, 2.24) is 34.7 Å². The molecule has 0 radical (unpaired) electrons. The molecule has 0 spiro atoms. The summed E-state index contributed by atoms with van der Waals surface area (Å²) in [5, 5.41) is 7.93. The molecular formula is C25H19ClF3N7. The van der Waals surface area contributed by atoms with Gasteiger partial charge in [0.25, 0.3) is 0 Å². The smallest absolute Gasteiger partial charge is 0.333 e. The molecule has 182 valence electrons. The molecule has 5 aromatic rings. The largest absolute Gasteiger partial charge is 0.434 e.